The number of phosphoric ester groups is 1. The minimum Gasteiger partial charge on any atom is -0.453 e. The number of rotatable bonds is 20. The number of alkyl carbamates (subject to hydrolysis) is 1. The van der Waals surface area contributed by atoms with E-state index in [1.165, 1.54) is 48.3 Å². The van der Waals surface area contributed by atoms with Gasteiger partial charge in [0, 0.05) is 55.2 Å². The van der Waals surface area contributed by atoms with Gasteiger partial charge in [0.2, 0.25) is 11.9 Å². The van der Waals surface area contributed by atoms with E-state index in [0.717, 1.165) is 23.0 Å². The number of aliphatic hydroxyl groups excluding tert-OH is 1. The third-order valence-electron chi connectivity index (χ3n) is 11.0. The van der Waals surface area contributed by atoms with E-state index < -0.39 is 136 Å². The highest BCUT2D eigenvalue weighted by atomic mass is 32.2. The zero-order valence-corrected chi connectivity index (χ0v) is 43.2. The van der Waals surface area contributed by atoms with Crippen LogP contribution in [0.25, 0.3) is 44.6 Å². The van der Waals surface area contributed by atoms with Gasteiger partial charge in [-0.2, -0.15) is 30.4 Å². The van der Waals surface area contributed by atoms with Crippen LogP contribution in [0.15, 0.2) is 73.9 Å². The number of hydrogen-bond donors (Lipinski definition) is 13. The summed E-state index contributed by atoms with van der Waals surface area (Å²) in [5.74, 6) is -2.31. The van der Waals surface area contributed by atoms with Crippen LogP contribution >= 0.6 is 23.5 Å². The summed E-state index contributed by atoms with van der Waals surface area (Å²) in [7, 11) is -26.4. The maximum absolute atomic E-state index is 14.1. The molecule has 4 heterocycles. The van der Waals surface area contributed by atoms with Crippen molar-refractivity contribution in [3.63, 3.8) is 0 Å². The molecule has 4 aromatic rings. The number of nitrogens with two attached hydrogens (primary N) is 2. The number of imidazole rings is 1. The number of hydrogen-bond acceptors (Lipinski definition) is 23. The van der Waals surface area contributed by atoms with Crippen LogP contribution in [0.2, 0.25) is 0 Å². The third kappa shape index (κ3) is 13.2. The Morgan fingerprint density at radius 3 is 2.27 bits per heavy atom. The molecule has 0 bridgehead atoms. The summed E-state index contributed by atoms with van der Waals surface area (Å²) in [6.45, 7) is -1.78. The highest BCUT2D eigenvalue weighted by Crippen LogP contribution is 2.66. The number of nitrogens with zero attached hydrogens (tertiary/aromatic N) is 4. The first-order valence-corrected chi connectivity index (χ1v) is 28.9. The molecular formula is C38H43N10O24P3S2. The number of H-pyrrole nitrogens is 1. The van der Waals surface area contributed by atoms with Crippen molar-refractivity contribution in [1.29, 1.82) is 5.41 Å². The number of benzene rings is 3. The van der Waals surface area contributed by atoms with Crippen molar-refractivity contribution in [3.05, 3.63) is 76.1 Å². The number of ether oxygens (including phenoxy) is 2. The first-order valence-electron chi connectivity index (χ1n) is 21.5. The van der Waals surface area contributed by atoms with E-state index in [9.17, 15) is 73.7 Å². The maximum atomic E-state index is 14.1. The molecule has 1 saturated heterocycles. The summed E-state index contributed by atoms with van der Waals surface area (Å²) in [5, 5.41) is 23.4. The number of nitrogens with one attached hydrogen (secondary N) is 4. The van der Waals surface area contributed by atoms with E-state index in [1.807, 2.05) is 0 Å². The number of fused-ring (bicyclic) bond motifs is 3. The maximum Gasteiger partial charge on any atom is 0.490 e. The first-order chi connectivity index (χ1) is 35.8. The summed E-state index contributed by atoms with van der Waals surface area (Å²) >= 11 is 0. The third-order valence-corrected chi connectivity index (χ3v) is 16.7. The second kappa shape index (κ2) is 22.1. The Morgan fingerprint density at radius 2 is 1.60 bits per heavy atom. The van der Waals surface area contributed by atoms with E-state index in [1.54, 1.807) is 0 Å². The van der Waals surface area contributed by atoms with Crippen LogP contribution in [0.1, 0.15) is 29.4 Å². The number of carbonyl (C=O) groups excluding carboxylic acids is 3. The fourth-order valence-corrected chi connectivity index (χ4v) is 12.4. The van der Waals surface area contributed by atoms with Gasteiger partial charge in [0.25, 0.3) is 31.7 Å². The minimum absolute atomic E-state index is 0.0118. The number of aliphatic hydroxyl groups is 1. The van der Waals surface area contributed by atoms with Crippen LogP contribution < -0.4 is 33.0 Å². The van der Waals surface area contributed by atoms with E-state index in [4.69, 9.17) is 40.6 Å². The molecule has 2 aromatic heterocycles. The molecule has 34 nitrogen and oxygen atoms in total. The monoisotopic (exact) mass is 1180 g/mol. The van der Waals surface area contributed by atoms with Crippen molar-refractivity contribution < 1.29 is 106 Å². The first kappa shape index (κ1) is 58.1. The molecule has 15 N–H and O–H groups in total. The van der Waals surface area contributed by atoms with E-state index in [-0.39, 0.29) is 71.3 Å². The molecule has 3 aliphatic rings. The Labute approximate surface area is 430 Å². The number of carbonyl (C=O) groups is 3. The summed E-state index contributed by atoms with van der Waals surface area (Å²) in [4.78, 5) is 98.8. The molecule has 2 aliphatic heterocycles. The zero-order valence-electron chi connectivity index (χ0n) is 38.9. The van der Waals surface area contributed by atoms with Gasteiger partial charge >= 0.3 is 29.6 Å². The summed E-state index contributed by atoms with van der Waals surface area (Å²) in [6, 6.07) is 10.5. The molecule has 39 heteroatoms. The van der Waals surface area contributed by atoms with Crippen molar-refractivity contribution in [1.82, 2.24) is 35.1 Å². The van der Waals surface area contributed by atoms with Crippen LogP contribution in [0.5, 0.6) is 0 Å². The molecule has 0 saturated carbocycles. The summed E-state index contributed by atoms with van der Waals surface area (Å²) in [6.07, 6.45) is -7.66. The lowest BCUT2D eigenvalue weighted by atomic mass is 9.90. The molecule has 77 heavy (non-hydrogen) atoms. The Morgan fingerprint density at radius 1 is 0.922 bits per heavy atom. The highest BCUT2D eigenvalue weighted by molar-refractivity contribution is 7.86. The molecule has 0 spiro atoms. The Balaban J connectivity index is 0.986. The lowest BCUT2D eigenvalue weighted by molar-refractivity contribution is -0.121. The minimum atomic E-state index is -5.94. The number of aromatic nitrogens is 4. The Hall–Kier alpha value is -6.56. The number of nitrogen functional groups attached to an aromatic ring is 2. The van der Waals surface area contributed by atoms with Crippen LogP contribution in [0.3, 0.4) is 0 Å². The van der Waals surface area contributed by atoms with Crippen molar-refractivity contribution >= 4 is 95.4 Å². The highest BCUT2D eigenvalue weighted by Gasteiger charge is 2.50. The van der Waals surface area contributed by atoms with Gasteiger partial charge in [0.05, 0.1) is 24.0 Å². The molecule has 416 valence electrons. The number of amides is 3. The smallest absolute Gasteiger partial charge is 0.453 e. The summed E-state index contributed by atoms with van der Waals surface area (Å²) < 4.78 is 136. The molecule has 7 rings (SSSR count). The van der Waals surface area contributed by atoms with E-state index >= 15 is 0 Å². The Bertz CT molecular complexity index is 3810. The fraction of sp³-hybridized carbons (Fsp3) is 0.289. The number of anilines is 2. The predicted molar refractivity (Wildman–Crippen MR) is 258 cm³/mol. The average molecular weight is 1180 g/mol. The predicted octanol–water partition coefficient (Wildman–Crippen LogP) is 0.140. The van der Waals surface area contributed by atoms with Crippen LogP contribution in [-0.4, -0.2) is 145 Å². The molecule has 1 fully saturated rings. The van der Waals surface area contributed by atoms with Crippen molar-refractivity contribution in [2.24, 2.45) is 0 Å². The number of phosphoric acid groups is 3. The molecule has 2 unspecified atom stereocenters. The molecule has 6 atom stereocenters. The standard InChI is InChI=1S/C38H43N10O24P3S2/c1-47(35(52)18-6-3-2-5-17(18)25-19-8-10-21(39)31(76(61,62)63)28(19)69-29-20(25)9-11-22(40)32(29)77(64,65)66)14-4-7-24(49)42-12-13-43-38(53)70-30-27(50)23(15-67-74(57,58)72-75(59,60)71-73(54,55)56)68-36(30)48-16-44-26-33(48)45-37(41)46-34(26)51/h2-3,5-6,8-11,16,23,27,30,36,39,50H,4,7,12-15,40H2,1H3,(H,42,49)(H,43,53)(H,57,58)(H,59,60)(H2,54,55,56)(H,61,62,63)(H,64,65,66)(H3,41,45,46,51)/t23-,27-,30-,36-/m1/s1. The second-order valence-electron chi connectivity index (χ2n) is 16.3. The van der Waals surface area contributed by atoms with Gasteiger partial charge in [0.1, 0.15) is 12.2 Å². The van der Waals surface area contributed by atoms with Crippen molar-refractivity contribution in [3.8, 4) is 22.5 Å². The van der Waals surface area contributed by atoms with Gasteiger partial charge < -0.3 is 65.6 Å². The largest absolute Gasteiger partial charge is 0.490 e. The molecule has 2 aromatic carbocycles. The topological polar surface area (TPSA) is 538 Å². The molecule has 0 radical (unpaired) electrons. The van der Waals surface area contributed by atoms with Gasteiger partial charge in [-0.25, -0.2) is 23.5 Å². The zero-order chi connectivity index (χ0) is 56.7. The van der Waals surface area contributed by atoms with Crippen molar-refractivity contribution in [2.45, 2.75) is 47.2 Å². The van der Waals surface area contributed by atoms with Gasteiger partial charge in [-0.1, -0.05) is 18.2 Å². The lowest BCUT2D eigenvalue weighted by Gasteiger charge is -2.22. The summed E-state index contributed by atoms with van der Waals surface area (Å²) in [5.41, 5.74) is 8.96. The van der Waals surface area contributed by atoms with Gasteiger partial charge in [-0.05, 0) is 42.3 Å². The molecular weight excluding hydrogens is 1140 g/mol. The quantitative estimate of drug-likeness (QED) is 0.0159. The average Bonchev–Trinajstić information content (AvgIpc) is 3.86. The van der Waals surface area contributed by atoms with Gasteiger partial charge in [-0.3, -0.25) is 43.0 Å². The SMILES string of the molecule is CN(CCCC(=O)NCCNC(=O)O[C@@H]1[C@H](O)[C@@H](COP(=O)(O)OP(=O)(O)OP(=O)(O)O)O[C@H]1n1cnc2c(=O)[nH]c(N)nc21)C(=O)c1ccccc1-c1c2ccc(=N)c(S(=O)(=O)O)c-2oc2c(S(=O)(=O)O)c(N)ccc12. The molecule has 1 aliphatic carbocycles. The van der Waals surface area contributed by atoms with Crippen molar-refractivity contribution in [2.75, 3.05) is 44.8 Å². The van der Waals surface area contributed by atoms with Crippen LogP contribution in [0.4, 0.5) is 16.4 Å². The second-order valence-corrected chi connectivity index (χ2v) is 23.5. The normalized spacial score (nSPS) is 18.7. The van der Waals surface area contributed by atoms with E-state index in [0.29, 0.717) is 0 Å². The Kier molecular flexibility index (Phi) is 16.6. The molecule has 3 amide bonds. The fourth-order valence-electron chi connectivity index (χ4n) is 7.90. The van der Waals surface area contributed by atoms with Gasteiger partial charge in [0.15, 0.2) is 44.6 Å². The lowest BCUT2D eigenvalue weighted by Crippen LogP contribution is -2.41. The number of aromatic amines is 1. The van der Waals surface area contributed by atoms with Gasteiger partial charge in [-0.15, -0.1) is 0 Å². The van der Waals surface area contributed by atoms with E-state index in [2.05, 4.69) is 38.7 Å². The van der Waals surface area contributed by atoms with Crippen LogP contribution in [-0.2, 0) is 61.3 Å². The van der Waals surface area contributed by atoms with Crippen LogP contribution in [0, 0.1) is 5.41 Å².